The number of nitrogens with one attached hydrogen (secondary N) is 1. The monoisotopic (exact) mass is 633 g/mol. The highest BCUT2D eigenvalue weighted by Gasteiger charge is 2.43. The van der Waals surface area contributed by atoms with E-state index in [1.165, 1.54) is 0 Å². The maximum absolute atomic E-state index is 14.2. The Bertz CT molecular complexity index is 1820. The summed E-state index contributed by atoms with van der Waals surface area (Å²) in [5, 5.41) is 19.0. The lowest BCUT2D eigenvalue weighted by Gasteiger charge is -2.37. The zero-order valence-electron chi connectivity index (χ0n) is 26.6. The first-order chi connectivity index (χ1) is 21.8. The van der Waals surface area contributed by atoms with Crippen LogP contribution >= 0.6 is 0 Å². The highest BCUT2D eigenvalue weighted by Crippen LogP contribution is 2.42. The lowest BCUT2D eigenvalue weighted by atomic mass is 10.1. The number of amides is 1. The van der Waals surface area contributed by atoms with Gasteiger partial charge in [-0.25, -0.2) is 18.6 Å². The summed E-state index contributed by atoms with van der Waals surface area (Å²) in [4.78, 5) is 22.8. The number of anilines is 1. The van der Waals surface area contributed by atoms with Crippen molar-refractivity contribution in [2.45, 2.75) is 51.7 Å². The molecule has 6 rings (SSSR count). The summed E-state index contributed by atoms with van der Waals surface area (Å²) in [5.74, 6) is -1.74. The zero-order valence-corrected chi connectivity index (χ0v) is 26.6. The van der Waals surface area contributed by atoms with Crippen molar-refractivity contribution in [3.63, 3.8) is 0 Å². The van der Waals surface area contributed by atoms with Gasteiger partial charge in [0, 0.05) is 44.0 Å². The predicted octanol–water partition coefficient (Wildman–Crippen LogP) is 5.86. The van der Waals surface area contributed by atoms with Crippen molar-refractivity contribution in [3.8, 4) is 23.4 Å². The second-order valence-electron chi connectivity index (χ2n) is 12.9. The first kappa shape index (κ1) is 31.3. The van der Waals surface area contributed by atoms with Gasteiger partial charge in [-0.3, -0.25) is 10.00 Å². The highest BCUT2D eigenvalue weighted by molar-refractivity contribution is 5.99. The number of aromatic nitrogens is 3. The van der Waals surface area contributed by atoms with E-state index in [1.54, 1.807) is 29.1 Å². The Labute approximate surface area is 265 Å². The minimum atomic E-state index is -2.82. The molecule has 0 saturated carbocycles. The average Bonchev–Trinajstić information content (AvgIpc) is 3.58. The standard InChI is InChI=1S/C33H37F2N7O4/c1-20-9-10-25-24(17-37-39-25)29(20)45-26-8-6-7-22-27(26)38-30(44-18-21-15-33(34,35)19-40(21)5)23(16-36)28(22)41-11-13-42(14-12-41)31(43)46-32(2,3)4/h6-10,17,21H,11-15,18-19H2,1-5H3,(H,37,39)/t21-/m0/s1. The number of nitriles is 1. The number of aryl methyl sites for hydroxylation is 1. The van der Waals surface area contributed by atoms with Gasteiger partial charge in [-0.1, -0.05) is 18.2 Å². The fourth-order valence-electron chi connectivity index (χ4n) is 6.04. The molecule has 1 amide bonds. The molecular formula is C33H37F2N7O4. The second-order valence-corrected chi connectivity index (χ2v) is 12.9. The molecule has 0 bridgehead atoms. The Morgan fingerprint density at radius 1 is 1.15 bits per heavy atom. The van der Waals surface area contributed by atoms with E-state index in [4.69, 9.17) is 19.2 Å². The van der Waals surface area contributed by atoms with Crippen LogP contribution in [0, 0.1) is 18.3 Å². The number of para-hydroxylation sites is 1. The number of benzene rings is 2. The highest BCUT2D eigenvalue weighted by atomic mass is 19.3. The summed E-state index contributed by atoms with van der Waals surface area (Å²) in [6.45, 7) is 8.57. The molecule has 11 nitrogen and oxygen atoms in total. The van der Waals surface area contributed by atoms with E-state index in [-0.39, 0.29) is 31.0 Å². The van der Waals surface area contributed by atoms with Gasteiger partial charge in [-0.2, -0.15) is 10.4 Å². The van der Waals surface area contributed by atoms with Crippen LogP contribution in [-0.2, 0) is 4.74 Å². The molecule has 13 heteroatoms. The minimum Gasteiger partial charge on any atom is -0.475 e. The van der Waals surface area contributed by atoms with Gasteiger partial charge >= 0.3 is 6.09 Å². The SMILES string of the molecule is Cc1ccc2[nH]ncc2c1Oc1cccc2c(N3CCN(C(=O)OC(C)(C)C)CC3)c(C#N)c(OC[C@@H]3CC(F)(F)CN3C)nc12. The third kappa shape index (κ3) is 6.22. The van der Waals surface area contributed by atoms with Gasteiger partial charge in [-0.15, -0.1) is 0 Å². The number of halogens is 2. The van der Waals surface area contributed by atoms with Crippen LogP contribution < -0.4 is 14.4 Å². The molecule has 2 aliphatic rings. The zero-order chi connectivity index (χ0) is 32.8. The molecule has 242 valence electrons. The number of hydrogen-bond acceptors (Lipinski definition) is 9. The number of ether oxygens (including phenoxy) is 3. The van der Waals surface area contributed by atoms with Crippen molar-refractivity contribution < 1.29 is 27.8 Å². The lowest BCUT2D eigenvalue weighted by Crippen LogP contribution is -2.50. The predicted molar refractivity (Wildman–Crippen MR) is 169 cm³/mol. The Morgan fingerprint density at radius 2 is 1.91 bits per heavy atom. The van der Waals surface area contributed by atoms with Crippen LogP contribution in [0.4, 0.5) is 19.3 Å². The maximum atomic E-state index is 14.2. The molecule has 1 N–H and O–H groups in total. The quantitative estimate of drug-likeness (QED) is 0.279. The smallest absolute Gasteiger partial charge is 0.410 e. The summed E-state index contributed by atoms with van der Waals surface area (Å²) in [7, 11) is 1.63. The van der Waals surface area contributed by atoms with Crippen molar-refractivity contribution in [1.82, 2.24) is 25.0 Å². The Morgan fingerprint density at radius 3 is 2.59 bits per heavy atom. The maximum Gasteiger partial charge on any atom is 0.410 e. The third-order valence-electron chi connectivity index (χ3n) is 8.31. The van der Waals surface area contributed by atoms with Crippen molar-refractivity contribution >= 4 is 33.6 Å². The summed E-state index contributed by atoms with van der Waals surface area (Å²) in [5.41, 5.74) is 2.30. The topological polar surface area (TPSA) is 120 Å². The van der Waals surface area contributed by atoms with Crippen molar-refractivity contribution in [2.24, 2.45) is 0 Å². The molecule has 0 spiro atoms. The number of carbonyl (C=O) groups excluding carboxylic acids is 1. The summed E-state index contributed by atoms with van der Waals surface area (Å²) in [6, 6.07) is 11.1. The molecule has 2 aliphatic heterocycles. The largest absolute Gasteiger partial charge is 0.475 e. The number of likely N-dealkylation sites (N-methyl/N-ethyl adjacent to an activating group) is 1. The molecule has 4 aromatic rings. The van der Waals surface area contributed by atoms with E-state index in [2.05, 4.69) is 16.3 Å². The fourth-order valence-corrected chi connectivity index (χ4v) is 6.04. The van der Waals surface area contributed by atoms with Gasteiger partial charge in [0.05, 0.1) is 29.3 Å². The van der Waals surface area contributed by atoms with E-state index < -0.39 is 23.7 Å². The van der Waals surface area contributed by atoms with Gasteiger partial charge in [-0.05, 0) is 52.4 Å². The van der Waals surface area contributed by atoms with Crippen LogP contribution in [0.25, 0.3) is 21.8 Å². The second kappa shape index (κ2) is 11.9. The third-order valence-corrected chi connectivity index (χ3v) is 8.31. The van der Waals surface area contributed by atoms with Crippen LogP contribution in [-0.4, -0.2) is 95.0 Å². The van der Waals surface area contributed by atoms with Gasteiger partial charge in [0.1, 0.15) is 35.1 Å². The number of aromatic amines is 1. The number of carbonyl (C=O) groups is 1. The normalized spacial score (nSPS) is 18.6. The first-order valence-electron chi connectivity index (χ1n) is 15.2. The number of fused-ring (bicyclic) bond motifs is 2. The Balaban J connectivity index is 1.40. The summed E-state index contributed by atoms with van der Waals surface area (Å²) in [6.07, 6.45) is 0.955. The number of likely N-dealkylation sites (tertiary alicyclic amines) is 1. The molecule has 0 aliphatic carbocycles. The lowest BCUT2D eigenvalue weighted by molar-refractivity contribution is 0.0136. The molecule has 0 unspecified atom stereocenters. The molecule has 46 heavy (non-hydrogen) atoms. The van der Waals surface area contributed by atoms with Gasteiger partial charge in [0.15, 0.2) is 5.75 Å². The van der Waals surface area contributed by atoms with Gasteiger partial charge in [0.2, 0.25) is 5.88 Å². The van der Waals surface area contributed by atoms with E-state index in [1.807, 2.05) is 56.9 Å². The van der Waals surface area contributed by atoms with Crippen molar-refractivity contribution in [1.29, 1.82) is 5.26 Å². The molecule has 2 saturated heterocycles. The summed E-state index contributed by atoms with van der Waals surface area (Å²) < 4.78 is 46.5. The molecule has 2 aromatic heterocycles. The van der Waals surface area contributed by atoms with Crippen molar-refractivity contribution in [2.75, 3.05) is 51.3 Å². The van der Waals surface area contributed by atoms with Gasteiger partial charge in [0.25, 0.3) is 5.92 Å². The van der Waals surface area contributed by atoms with Crippen LogP contribution in [0.15, 0.2) is 36.5 Å². The number of H-pyrrole nitrogens is 1. The molecule has 2 fully saturated rings. The van der Waals surface area contributed by atoms with Crippen LogP contribution in [0.1, 0.15) is 38.3 Å². The number of alkyl halides is 2. The number of nitrogens with zero attached hydrogens (tertiary/aromatic N) is 6. The number of hydrogen-bond donors (Lipinski definition) is 1. The van der Waals surface area contributed by atoms with Crippen molar-refractivity contribution in [3.05, 3.63) is 47.7 Å². The Hall–Kier alpha value is -4.70. The van der Waals surface area contributed by atoms with E-state index in [0.29, 0.717) is 54.3 Å². The number of piperazine rings is 1. The Kier molecular flexibility index (Phi) is 8.10. The molecule has 2 aromatic carbocycles. The van der Waals surface area contributed by atoms with Crippen LogP contribution in [0.5, 0.6) is 17.4 Å². The van der Waals surface area contributed by atoms with E-state index in [9.17, 15) is 18.8 Å². The molecule has 0 radical (unpaired) electrons. The summed E-state index contributed by atoms with van der Waals surface area (Å²) >= 11 is 0. The molecule has 1 atom stereocenters. The number of rotatable bonds is 6. The van der Waals surface area contributed by atoms with Crippen LogP contribution in [0.2, 0.25) is 0 Å². The van der Waals surface area contributed by atoms with E-state index in [0.717, 1.165) is 16.5 Å². The fraction of sp³-hybridized carbons (Fsp3) is 0.455. The number of pyridine rings is 1. The average molecular weight is 634 g/mol. The van der Waals surface area contributed by atoms with Crippen LogP contribution in [0.3, 0.4) is 0 Å². The van der Waals surface area contributed by atoms with E-state index >= 15 is 0 Å². The molecular weight excluding hydrogens is 596 g/mol. The molecule has 4 heterocycles. The minimum absolute atomic E-state index is 0.0393. The van der Waals surface area contributed by atoms with Gasteiger partial charge < -0.3 is 24.0 Å². The first-order valence-corrected chi connectivity index (χ1v) is 15.2.